The summed E-state index contributed by atoms with van der Waals surface area (Å²) < 4.78 is 24.2. The maximum absolute atomic E-state index is 14.9. The molecule has 0 saturated heterocycles. The van der Waals surface area contributed by atoms with Gasteiger partial charge in [0, 0.05) is 47.1 Å². The van der Waals surface area contributed by atoms with Gasteiger partial charge in [0.15, 0.2) is 17.1 Å². The SMILES string of the molecule is CC(C)N1CC(C(c2cccc(Cl)c2)c2cc(Cl)cc(Oc3c4n(ncc3=O)C(C(c3ccccc3)c3cccc(F)c3)CN(C(C)C)C4=O)c2)n2ncc(=O)c(O)c2C1=O. The van der Waals surface area contributed by atoms with Crippen molar-refractivity contribution in [3.8, 4) is 17.2 Å². The first kappa shape index (κ1) is 41.4. The molecule has 4 atom stereocenters. The second kappa shape index (κ2) is 16.6. The van der Waals surface area contributed by atoms with E-state index in [1.807, 2.05) is 70.2 Å². The van der Waals surface area contributed by atoms with Crippen LogP contribution in [0, 0.1) is 5.82 Å². The van der Waals surface area contributed by atoms with E-state index in [1.165, 1.54) is 27.6 Å². The molecule has 0 saturated carbocycles. The summed E-state index contributed by atoms with van der Waals surface area (Å²) in [6.45, 7) is 7.73. The van der Waals surface area contributed by atoms with E-state index in [1.54, 1.807) is 46.2 Å². The van der Waals surface area contributed by atoms with Crippen LogP contribution in [0.4, 0.5) is 4.39 Å². The third kappa shape index (κ3) is 7.79. The smallest absolute Gasteiger partial charge is 0.276 e. The number of aromatic nitrogens is 4. The van der Waals surface area contributed by atoms with Crippen molar-refractivity contribution < 1.29 is 23.8 Å². The highest BCUT2D eigenvalue weighted by Crippen LogP contribution is 2.44. The highest BCUT2D eigenvalue weighted by molar-refractivity contribution is 6.31. The van der Waals surface area contributed by atoms with Crippen LogP contribution in [0.1, 0.15) is 94.8 Å². The van der Waals surface area contributed by atoms with Gasteiger partial charge in [-0.05, 0) is 92.4 Å². The number of hydrogen-bond acceptors (Lipinski definition) is 8. The lowest BCUT2D eigenvalue weighted by atomic mass is 9.83. The topological polar surface area (TPSA) is 140 Å². The maximum atomic E-state index is 14.9. The summed E-state index contributed by atoms with van der Waals surface area (Å²) in [6.07, 6.45) is 2.07. The van der Waals surface area contributed by atoms with Crippen LogP contribution in [0.5, 0.6) is 17.2 Å². The standard InChI is InChI=1S/C46H41Cl2FN6O6/c1-25(2)52-24-36(54-41(45(52)59)43(58)37(56)21-50-54)40(28-12-8-14-31(47)16-28)30-17-32(48)20-34(19-30)61-44-38(57)22-51-55-35(23-53(26(3)4)46(60)42(44)55)39(27-10-6-5-7-11-27)29-13-9-15-33(49)18-29/h5-22,25-26,35-36,39-40,58H,23-24H2,1-4H3. The van der Waals surface area contributed by atoms with Crippen LogP contribution in [0.2, 0.25) is 10.0 Å². The van der Waals surface area contributed by atoms with E-state index in [2.05, 4.69) is 10.2 Å². The highest BCUT2D eigenvalue weighted by Gasteiger charge is 2.43. The minimum Gasteiger partial charge on any atom is -0.502 e. The number of halogens is 3. The van der Waals surface area contributed by atoms with E-state index in [0.717, 1.165) is 18.0 Å². The number of hydrogen-bond donors (Lipinski definition) is 1. The van der Waals surface area contributed by atoms with E-state index >= 15 is 0 Å². The van der Waals surface area contributed by atoms with E-state index in [0.29, 0.717) is 21.7 Å². The summed E-state index contributed by atoms with van der Waals surface area (Å²) in [4.78, 5) is 58.1. The number of fused-ring (bicyclic) bond motifs is 2. The minimum atomic E-state index is -0.799. The number of ether oxygens (including phenoxy) is 1. The van der Waals surface area contributed by atoms with E-state index in [-0.39, 0.29) is 53.1 Å². The van der Waals surface area contributed by atoms with E-state index < -0.39 is 58.2 Å². The molecule has 8 rings (SSSR count). The molecule has 12 nitrogen and oxygen atoms in total. The molecule has 6 aromatic rings. The third-order valence-electron chi connectivity index (χ3n) is 11.3. The van der Waals surface area contributed by atoms with E-state index in [4.69, 9.17) is 27.9 Å². The van der Waals surface area contributed by atoms with Gasteiger partial charge < -0.3 is 19.6 Å². The number of amides is 2. The molecule has 0 aliphatic carbocycles. The van der Waals surface area contributed by atoms with Crippen LogP contribution in [-0.2, 0) is 0 Å². The molecule has 0 spiro atoms. The number of carbonyl (C=O) groups is 2. The average Bonchev–Trinajstić information content (AvgIpc) is 3.22. The van der Waals surface area contributed by atoms with Gasteiger partial charge >= 0.3 is 0 Å². The van der Waals surface area contributed by atoms with Crippen molar-refractivity contribution >= 4 is 35.0 Å². The fourth-order valence-electron chi connectivity index (χ4n) is 8.56. The lowest BCUT2D eigenvalue weighted by Gasteiger charge is -2.41. The Morgan fingerprint density at radius 1 is 0.639 bits per heavy atom. The normalized spacial score (nSPS) is 17.3. The molecule has 4 aromatic carbocycles. The van der Waals surface area contributed by atoms with Crippen molar-refractivity contribution in [1.82, 2.24) is 29.4 Å². The van der Waals surface area contributed by atoms with Crippen molar-refractivity contribution in [3.63, 3.8) is 0 Å². The molecule has 4 heterocycles. The van der Waals surface area contributed by atoms with Crippen LogP contribution in [-0.4, -0.2) is 71.5 Å². The minimum absolute atomic E-state index is 0.0846. The molecule has 2 amide bonds. The fourth-order valence-corrected chi connectivity index (χ4v) is 8.99. The van der Waals surface area contributed by atoms with Gasteiger partial charge in [0.1, 0.15) is 11.6 Å². The lowest BCUT2D eigenvalue weighted by Crippen LogP contribution is -2.50. The van der Waals surface area contributed by atoms with Gasteiger partial charge in [-0.3, -0.25) is 28.5 Å². The number of aromatic hydroxyl groups is 1. The van der Waals surface area contributed by atoms with E-state index in [9.17, 15) is 28.7 Å². The van der Waals surface area contributed by atoms with Crippen molar-refractivity contribution in [1.29, 1.82) is 0 Å². The van der Waals surface area contributed by atoms with Gasteiger partial charge in [-0.15, -0.1) is 0 Å². The zero-order valence-electron chi connectivity index (χ0n) is 33.6. The van der Waals surface area contributed by atoms with Crippen molar-refractivity contribution in [3.05, 3.63) is 179 Å². The summed E-state index contributed by atoms with van der Waals surface area (Å²) in [7, 11) is 0. The molecule has 1 N–H and O–H groups in total. The molecule has 2 aliphatic heterocycles. The summed E-state index contributed by atoms with van der Waals surface area (Å²) in [5.41, 5.74) is 0.945. The Morgan fingerprint density at radius 2 is 1.18 bits per heavy atom. The Balaban J connectivity index is 1.29. The first-order valence-corrected chi connectivity index (χ1v) is 20.6. The summed E-state index contributed by atoms with van der Waals surface area (Å²) >= 11 is 13.4. The summed E-state index contributed by atoms with van der Waals surface area (Å²) in [5.74, 6) is -3.52. The van der Waals surface area contributed by atoms with Crippen molar-refractivity contribution in [2.45, 2.75) is 63.7 Å². The first-order valence-electron chi connectivity index (χ1n) is 19.8. The van der Waals surface area contributed by atoms with Gasteiger partial charge in [-0.1, -0.05) is 77.8 Å². The maximum Gasteiger partial charge on any atom is 0.276 e. The molecule has 2 aromatic heterocycles. The molecular formula is C46H41Cl2FN6O6. The molecular weight excluding hydrogens is 822 g/mol. The fraction of sp³-hybridized carbons (Fsp3) is 0.261. The van der Waals surface area contributed by atoms with Gasteiger partial charge in [0.2, 0.25) is 16.6 Å². The van der Waals surface area contributed by atoms with Crippen molar-refractivity contribution in [2.75, 3.05) is 13.1 Å². The van der Waals surface area contributed by atoms with Gasteiger partial charge in [0.25, 0.3) is 11.8 Å². The van der Waals surface area contributed by atoms with Crippen LogP contribution in [0.25, 0.3) is 0 Å². The van der Waals surface area contributed by atoms with Crippen molar-refractivity contribution in [2.24, 2.45) is 0 Å². The Morgan fingerprint density at radius 3 is 1.80 bits per heavy atom. The Kier molecular flexibility index (Phi) is 11.3. The largest absolute Gasteiger partial charge is 0.502 e. The Labute approximate surface area is 360 Å². The van der Waals surface area contributed by atoms with Gasteiger partial charge in [0.05, 0.1) is 24.5 Å². The molecule has 15 heteroatoms. The second-order valence-electron chi connectivity index (χ2n) is 15.8. The zero-order valence-corrected chi connectivity index (χ0v) is 35.1. The molecule has 312 valence electrons. The van der Waals surface area contributed by atoms with Crippen LogP contribution in [0.3, 0.4) is 0 Å². The summed E-state index contributed by atoms with van der Waals surface area (Å²) in [5, 5.41) is 20.5. The van der Waals surface area contributed by atoms with Crippen LogP contribution >= 0.6 is 23.2 Å². The number of carbonyl (C=O) groups excluding carboxylic acids is 2. The third-order valence-corrected chi connectivity index (χ3v) is 11.8. The Bertz CT molecular complexity index is 2800. The first-order chi connectivity index (χ1) is 29.2. The number of nitrogens with zero attached hydrogens (tertiary/aromatic N) is 6. The molecule has 0 radical (unpaired) electrons. The summed E-state index contributed by atoms with van der Waals surface area (Å²) in [6, 6.07) is 25.9. The number of benzene rings is 4. The monoisotopic (exact) mass is 862 g/mol. The second-order valence-corrected chi connectivity index (χ2v) is 16.7. The van der Waals surface area contributed by atoms with Gasteiger partial charge in [-0.25, -0.2) is 4.39 Å². The molecule has 2 aliphatic rings. The Hall–Kier alpha value is -6.31. The average molecular weight is 864 g/mol. The molecule has 4 unspecified atom stereocenters. The number of rotatable bonds is 10. The molecule has 61 heavy (non-hydrogen) atoms. The van der Waals surface area contributed by atoms with Crippen LogP contribution in [0.15, 0.2) is 119 Å². The van der Waals surface area contributed by atoms with Crippen LogP contribution < -0.4 is 15.6 Å². The highest BCUT2D eigenvalue weighted by atomic mass is 35.5. The molecule has 0 fully saturated rings. The predicted molar refractivity (Wildman–Crippen MR) is 229 cm³/mol. The molecule has 0 bridgehead atoms. The predicted octanol–water partition coefficient (Wildman–Crippen LogP) is 8.22. The lowest BCUT2D eigenvalue weighted by molar-refractivity contribution is 0.0562. The quantitative estimate of drug-likeness (QED) is 0.145. The van der Waals surface area contributed by atoms with Gasteiger partial charge in [-0.2, -0.15) is 10.2 Å². The zero-order chi connectivity index (χ0) is 43.3.